The van der Waals surface area contributed by atoms with E-state index in [0.717, 1.165) is 5.00 Å². The van der Waals surface area contributed by atoms with E-state index in [1.54, 1.807) is 6.07 Å². The second kappa shape index (κ2) is 4.53. The molecule has 2 rings (SSSR count). The van der Waals surface area contributed by atoms with Crippen LogP contribution in [0.25, 0.3) is 0 Å². The van der Waals surface area contributed by atoms with E-state index in [1.807, 2.05) is 6.07 Å². The van der Waals surface area contributed by atoms with Crippen LogP contribution in [0.5, 0.6) is 0 Å². The predicted octanol–water partition coefficient (Wildman–Crippen LogP) is -0.820. The zero-order chi connectivity index (χ0) is 13.3. The van der Waals surface area contributed by atoms with Gasteiger partial charge in [0, 0.05) is 35.1 Å². The molecule has 0 aliphatic carbocycles. The van der Waals surface area contributed by atoms with E-state index >= 15 is 0 Å². The molecule has 4 nitrogen and oxygen atoms in total. The Balaban J connectivity index is 1.97. The van der Waals surface area contributed by atoms with Crippen molar-refractivity contribution in [1.29, 1.82) is 0 Å². The van der Waals surface area contributed by atoms with Crippen molar-refractivity contribution in [2.24, 2.45) is 0 Å². The molecule has 1 aliphatic heterocycles. The molecule has 2 N–H and O–H groups in total. The van der Waals surface area contributed by atoms with Gasteiger partial charge in [-0.05, 0) is 19.1 Å². The van der Waals surface area contributed by atoms with Crippen molar-refractivity contribution in [3.63, 3.8) is 0 Å². The molecule has 0 bridgehead atoms. The van der Waals surface area contributed by atoms with Crippen LogP contribution in [0.2, 0.25) is 0 Å². The van der Waals surface area contributed by atoms with Gasteiger partial charge in [0.15, 0.2) is 0 Å². The minimum absolute atomic E-state index is 0.491. The van der Waals surface area contributed by atoms with Gasteiger partial charge >= 0.3 is 7.12 Å². The van der Waals surface area contributed by atoms with E-state index in [2.05, 4.69) is 4.90 Å². The Morgan fingerprint density at radius 1 is 1.33 bits per heavy atom. The first-order valence-corrected chi connectivity index (χ1v) is 5.65. The second-order valence-corrected chi connectivity index (χ2v) is 4.62. The van der Waals surface area contributed by atoms with Crippen molar-refractivity contribution >= 4 is 28.2 Å². The summed E-state index contributed by atoms with van der Waals surface area (Å²) < 4.78 is 22.5. The van der Waals surface area contributed by atoms with Gasteiger partial charge in [-0.15, -0.1) is 11.3 Å². The third kappa shape index (κ3) is 2.52. The number of rotatable bonds is 2. The van der Waals surface area contributed by atoms with Gasteiger partial charge < -0.3 is 19.8 Å². The number of nitrogens with zero attached hydrogens (tertiary/aromatic N) is 2. The van der Waals surface area contributed by atoms with Crippen LogP contribution in [0.4, 0.5) is 5.00 Å². The number of likely N-dealkylation sites (N-methyl/N-ethyl adjacent to an activating group) is 1. The second-order valence-electron chi connectivity index (χ2n) is 3.52. The summed E-state index contributed by atoms with van der Waals surface area (Å²) in [5.74, 6) is 0. The van der Waals surface area contributed by atoms with Gasteiger partial charge in [-0.25, -0.2) is 0 Å². The molecule has 1 aromatic rings. The van der Waals surface area contributed by atoms with E-state index in [4.69, 9.17) is 14.2 Å². The molecule has 1 saturated heterocycles. The maximum Gasteiger partial charge on any atom is 0.499 e. The Kier molecular flexibility index (Phi) is 2.32. The molecule has 1 fully saturated rings. The van der Waals surface area contributed by atoms with E-state index in [0.29, 0.717) is 31.0 Å². The Labute approximate surface area is 98.1 Å². The molecule has 0 amide bonds. The van der Waals surface area contributed by atoms with Crippen LogP contribution < -0.4 is 9.68 Å². The summed E-state index contributed by atoms with van der Waals surface area (Å²) in [5.41, 5.74) is 0. The summed E-state index contributed by atoms with van der Waals surface area (Å²) >= 11 is 1.32. The molecular formula is C9H15BN2O2S. The third-order valence-corrected chi connectivity index (χ3v) is 3.64. The van der Waals surface area contributed by atoms with Gasteiger partial charge in [-0.3, -0.25) is 0 Å². The van der Waals surface area contributed by atoms with Crippen LogP contribution in [0.1, 0.15) is 4.11 Å². The predicted molar refractivity (Wildman–Crippen MR) is 63.9 cm³/mol. The average molecular weight is 229 g/mol. The van der Waals surface area contributed by atoms with Crippen molar-refractivity contribution in [3.05, 3.63) is 12.1 Å². The molecule has 0 radical (unpaired) electrons. The molecule has 1 aromatic heterocycles. The topological polar surface area (TPSA) is 46.9 Å². The molecule has 0 unspecified atom stereocenters. The summed E-state index contributed by atoms with van der Waals surface area (Å²) in [5, 5.41) is 19.0. The van der Waals surface area contributed by atoms with Crippen molar-refractivity contribution in [2.75, 3.05) is 38.1 Å². The lowest BCUT2D eigenvalue weighted by Gasteiger charge is -2.32. The highest BCUT2D eigenvalue weighted by atomic mass is 32.1. The van der Waals surface area contributed by atoms with Crippen molar-refractivity contribution in [1.82, 2.24) is 4.90 Å². The number of piperazine rings is 1. The minimum atomic E-state index is -2.02. The van der Waals surface area contributed by atoms with E-state index < -0.39 is 14.1 Å². The maximum atomic E-state index is 9.05. The lowest BCUT2D eigenvalue weighted by molar-refractivity contribution is 0.313. The normalized spacial score (nSPS) is 22.0. The van der Waals surface area contributed by atoms with Gasteiger partial charge in [-0.2, -0.15) is 0 Å². The molecule has 82 valence electrons. The third-order valence-electron chi connectivity index (χ3n) is 2.46. The smallest absolute Gasteiger partial charge is 0.423 e. The lowest BCUT2D eigenvalue weighted by Crippen LogP contribution is -2.44. The quantitative estimate of drug-likeness (QED) is 0.650. The van der Waals surface area contributed by atoms with Gasteiger partial charge in [0.1, 0.15) is 0 Å². The maximum absolute atomic E-state index is 9.05. The van der Waals surface area contributed by atoms with Crippen LogP contribution in [-0.4, -0.2) is 55.2 Å². The van der Waals surface area contributed by atoms with Crippen LogP contribution in [0, 0.1) is 0 Å². The summed E-state index contributed by atoms with van der Waals surface area (Å²) in [6.45, 7) is 0.241. The lowest BCUT2D eigenvalue weighted by atomic mass is 9.90. The fraction of sp³-hybridized carbons (Fsp3) is 0.556. The summed E-state index contributed by atoms with van der Waals surface area (Å²) in [4.78, 5) is 3.55. The zero-order valence-electron chi connectivity index (χ0n) is 11.3. The molecule has 1 aliphatic rings. The first-order valence-electron chi connectivity index (χ1n) is 6.34. The van der Waals surface area contributed by atoms with E-state index in [-0.39, 0.29) is 0 Å². The standard InChI is InChI=1S/C9H15BN2O2S/c1-11-4-6-12(7-5-11)9-3-2-8(15-9)10(13)14/h2-3,13-14H,4-7H2,1H3/i1D3. The molecule has 2 heterocycles. The molecule has 0 spiro atoms. The molecule has 6 heteroatoms. The van der Waals surface area contributed by atoms with E-state index in [9.17, 15) is 0 Å². The first-order chi connectivity index (χ1) is 8.38. The van der Waals surface area contributed by atoms with Crippen LogP contribution >= 0.6 is 11.3 Å². The van der Waals surface area contributed by atoms with E-state index in [1.165, 1.54) is 16.2 Å². The highest BCUT2D eigenvalue weighted by Gasteiger charge is 2.19. The molecule has 15 heavy (non-hydrogen) atoms. The fourth-order valence-corrected chi connectivity index (χ4v) is 2.51. The minimum Gasteiger partial charge on any atom is -0.423 e. The van der Waals surface area contributed by atoms with Gasteiger partial charge in [0.25, 0.3) is 0 Å². The molecule has 0 aromatic carbocycles. The van der Waals surface area contributed by atoms with Gasteiger partial charge in [0.2, 0.25) is 0 Å². The van der Waals surface area contributed by atoms with Crippen LogP contribution in [-0.2, 0) is 0 Å². The number of anilines is 1. The average Bonchev–Trinajstić information content (AvgIpc) is 2.77. The summed E-state index contributed by atoms with van der Waals surface area (Å²) in [6, 6.07) is 3.52. The Bertz CT molecular complexity index is 405. The number of hydrogen-bond acceptors (Lipinski definition) is 5. The highest BCUT2D eigenvalue weighted by molar-refractivity contribution is 7.25. The zero-order valence-corrected chi connectivity index (χ0v) is 9.07. The highest BCUT2D eigenvalue weighted by Crippen LogP contribution is 2.21. The van der Waals surface area contributed by atoms with Gasteiger partial charge in [-0.1, -0.05) is 0 Å². The van der Waals surface area contributed by atoms with Crippen LogP contribution in [0.3, 0.4) is 0 Å². The molecule has 0 atom stereocenters. The SMILES string of the molecule is [2H]C([2H])([2H])N1CCN(c2ccc(B(O)O)s2)CC1. The summed E-state index contributed by atoms with van der Waals surface area (Å²) in [7, 11) is -1.44. The monoisotopic (exact) mass is 229 g/mol. The Hall–Kier alpha value is -0.555. The molecular weight excluding hydrogens is 211 g/mol. The van der Waals surface area contributed by atoms with Gasteiger partial charge in [0.05, 0.1) is 5.00 Å². The van der Waals surface area contributed by atoms with Crippen molar-refractivity contribution in [2.45, 2.75) is 0 Å². The number of hydrogen-bond donors (Lipinski definition) is 2. The fourth-order valence-electron chi connectivity index (χ4n) is 1.58. The Morgan fingerprint density at radius 3 is 2.60 bits per heavy atom. The Morgan fingerprint density at radius 2 is 2.07 bits per heavy atom. The van der Waals surface area contributed by atoms with Crippen molar-refractivity contribution in [3.8, 4) is 0 Å². The number of thiophene rings is 1. The largest absolute Gasteiger partial charge is 0.499 e. The molecule has 0 saturated carbocycles. The first kappa shape index (κ1) is 7.68. The van der Waals surface area contributed by atoms with Crippen molar-refractivity contribution < 1.29 is 14.2 Å². The van der Waals surface area contributed by atoms with Crippen LogP contribution in [0.15, 0.2) is 12.1 Å². The summed E-state index contributed by atoms with van der Waals surface area (Å²) in [6.07, 6.45) is 0.